The maximum absolute atomic E-state index is 13.3. The summed E-state index contributed by atoms with van der Waals surface area (Å²) in [5.74, 6) is 0.139. The van der Waals surface area contributed by atoms with Crippen LogP contribution in [-0.2, 0) is 18.6 Å². The predicted molar refractivity (Wildman–Crippen MR) is 96.0 cm³/mol. The molecule has 1 aliphatic rings. The first kappa shape index (κ1) is 19.3. The Bertz CT molecular complexity index is 684. The van der Waals surface area contributed by atoms with Gasteiger partial charge >= 0.3 is 13.7 Å². The Kier molecular flexibility index (Phi) is 6.85. The largest absolute Gasteiger partial charge is 0.513 e. The quantitative estimate of drug-likeness (QED) is 0.549. The molecule has 0 fully saturated rings. The topological polar surface area (TPSA) is 73.9 Å². The molecule has 0 aromatic heterocycles. The highest BCUT2D eigenvalue weighted by molar-refractivity contribution is 7.52. The monoisotopic (exact) mass is 365 g/mol. The molecule has 0 saturated carbocycles. The molecule has 1 N–H and O–H groups in total. The predicted octanol–water partition coefficient (Wildman–Crippen LogP) is 4.21. The average Bonchev–Trinajstić information content (AvgIpc) is 2.60. The first-order valence-electron chi connectivity index (χ1n) is 8.20. The first-order chi connectivity index (χ1) is 11.9. The molecule has 0 bridgehead atoms. The van der Waals surface area contributed by atoms with Crippen LogP contribution in [0.25, 0.3) is 0 Å². The van der Waals surface area contributed by atoms with Gasteiger partial charge in [0.2, 0.25) is 0 Å². The van der Waals surface area contributed by atoms with Crippen LogP contribution in [0.5, 0.6) is 5.75 Å². The van der Waals surface area contributed by atoms with Gasteiger partial charge in [-0.15, -0.1) is 0 Å². The van der Waals surface area contributed by atoms with E-state index < -0.39 is 19.8 Å². The number of para-hydroxylation sites is 1. The molecule has 136 valence electrons. The lowest BCUT2D eigenvalue weighted by molar-refractivity contribution is -0.143. The Morgan fingerprint density at radius 1 is 1.16 bits per heavy atom. The highest BCUT2D eigenvalue weighted by atomic mass is 31.2. The van der Waals surface area contributed by atoms with Crippen molar-refractivity contribution in [3.8, 4) is 5.75 Å². The van der Waals surface area contributed by atoms with E-state index in [4.69, 9.17) is 13.8 Å². The van der Waals surface area contributed by atoms with Crippen molar-refractivity contribution in [3.05, 3.63) is 54.3 Å². The second kappa shape index (κ2) is 8.88. The minimum absolute atomic E-state index is 0.167. The molecular weight excluding hydrogens is 341 g/mol. The van der Waals surface area contributed by atoms with Crippen LogP contribution in [0.4, 0.5) is 0 Å². The molecule has 25 heavy (non-hydrogen) atoms. The first-order valence-corrected chi connectivity index (χ1v) is 9.74. The van der Waals surface area contributed by atoms with Gasteiger partial charge in [-0.25, -0.2) is 4.57 Å². The Balaban J connectivity index is 2.26. The molecule has 1 aromatic rings. The third-order valence-corrected chi connectivity index (χ3v) is 5.07. The number of allylic oxidation sites excluding steroid dienone is 3. The number of carbonyl (C=O) groups excluding carboxylic acids is 1. The second-order valence-electron chi connectivity index (χ2n) is 5.95. The summed E-state index contributed by atoms with van der Waals surface area (Å²) in [5.41, 5.74) is 0. The third-order valence-electron chi connectivity index (χ3n) is 3.57. The van der Waals surface area contributed by atoms with E-state index in [-0.39, 0.29) is 5.92 Å². The molecular formula is C18H24NO5P. The van der Waals surface area contributed by atoms with Crippen molar-refractivity contribution in [2.24, 2.45) is 5.92 Å². The molecule has 1 unspecified atom stereocenters. The van der Waals surface area contributed by atoms with Crippen LogP contribution < -0.4 is 9.61 Å². The number of rotatable bonds is 8. The van der Waals surface area contributed by atoms with Gasteiger partial charge in [0.15, 0.2) is 0 Å². The van der Waals surface area contributed by atoms with Crippen LogP contribution in [0.15, 0.2) is 54.3 Å². The van der Waals surface area contributed by atoms with Crippen molar-refractivity contribution in [1.82, 2.24) is 5.09 Å². The van der Waals surface area contributed by atoms with Crippen LogP contribution >= 0.6 is 7.75 Å². The molecule has 7 heteroatoms. The van der Waals surface area contributed by atoms with Crippen LogP contribution in [0.1, 0.15) is 26.7 Å². The van der Waals surface area contributed by atoms with E-state index in [0.29, 0.717) is 11.5 Å². The number of nitrogens with one attached hydrogen (secondary N) is 1. The smallest absolute Gasteiger partial charge is 0.468 e. The molecule has 0 heterocycles. The molecule has 0 amide bonds. The molecule has 0 aliphatic heterocycles. The number of carbonyl (C=O) groups is 1. The number of benzene rings is 1. The van der Waals surface area contributed by atoms with Crippen LogP contribution in [0.3, 0.4) is 0 Å². The number of hydrogen-bond acceptors (Lipinski definition) is 5. The van der Waals surface area contributed by atoms with Crippen molar-refractivity contribution < 1.29 is 23.1 Å². The van der Waals surface area contributed by atoms with Crippen LogP contribution in [0, 0.1) is 5.92 Å². The van der Waals surface area contributed by atoms with Gasteiger partial charge in [-0.1, -0.05) is 38.1 Å². The van der Waals surface area contributed by atoms with Gasteiger partial charge in [0.1, 0.15) is 17.6 Å². The molecule has 1 aliphatic carbocycles. The highest BCUT2D eigenvalue weighted by Gasteiger charge is 2.37. The summed E-state index contributed by atoms with van der Waals surface area (Å²) < 4.78 is 29.4. The Morgan fingerprint density at radius 3 is 2.44 bits per heavy atom. The lowest BCUT2D eigenvalue weighted by atomic mass is 10.1. The second-order valence-corrected chi connectivity index (χ2v) is 7.57. The van der Waals surface area contributed by atoms with Gasteiger partial charge in [0.25, 0.3) is 0 Å². The Labute approximate surface area is 148 Å². The van der Waals surface area contributed by atoms with E-state index in [1.165, 1.54) is 7.11 Å². The zero-order valence-electron chi connectivity index (χ0n) is 14.7. The Hall–Kier alpha value is -2.04. The van der Waals surface area contributed by atoms with Crippen molar-refractivity contribution in [1.29, 1.82) is 0 Å². The summed E-state index contributed by atoms with van der Waals surface area (Å²) in [4.78, 5) is 12.0. The summed E-state index contributed by atoms with van der Waals surface area (Å²) >= 11 is 0. The van der Waals surface area contributed by atoms with Gasteiger partial charge in [0.05, 0.1) is 7.11 Å². The van der Waals surface area contributed by atoms with Crippen LogP contribution in [-0.4, -0.2) is 19.1 Å². The maximum atomic E-state index is 13.3. The number of ether oxygens (including phenoxy) is 1. The van der Waals surface area contributed by atoms with Gasteiger partial charge in [0, 0.05) is 0 Å². The third kappa shape index (κ3) is 5.76. The molecule has 2 rings (SSSR count). The van der Waals surface area contributed by atoms with E-state index in [9.17, 15) is 9.36 Å². The average molecular weight is 365 g/mol. The molecule has 0 saturated heterocycles. The van der Waals surface area contributed by atoms with Crippen molar-refractivity contribution in [2.45, 2.75) is 32.7 Å². The van der Waals surface area contributed by atoms with E-state index >= 15 is 0 Å². The lowest BCUT2D eigenvalue weighted by Crippen LogP contribution is -2.41. The fourth-order valence-electron chi connectivity index (χ4n) is 2.26. The fraction of sp³-hybridized carbons (Fsp3) is 0.389. The minimum atomic E-state index is -3.86. The molecule has 0 radical (unpaired) electrons. The summed E-state index contributed by atoms with van der Waals surface area (Å²) in [7, 11) is -2.57. The van der Waals surface area contributed by atoms with Gasteiger partial charge in [-0.2, -0.15) is 5.09 Å². The molecule has 6 nitrogen and oxygen atoms in total. The molecule has 0 spiro atoms. The minimum Gasteiger partial charge on any atom is -0.468 e. The van der Waals surface area contributed by atoms with Gasteiger partial charge < -0.3 is 13.8 Å². The highest BCUT2D eigenvalue weighted by Crippen LogP contribution is 2.48. The maximum Gasteiger partial charge on any atom is 0.513 e. The van der Waals surface area contributed by atoms with Crippen molar-refractivity contribution in [3.63, 3.8) is 0 Å². The summed E-state index contributed by atoms with van der Waals surface area (Å²) in [6.07, 6.45) is 7.21. The standard InChI is InChI=1S/C18H24NO5P/c1-14(2)17(18(20)22-3)19-25(21,23-15-10-6-4-7-11-15)24-16-12-8-5-9-13-16/h4,6-8,10-14,17H,5,9H2,1-3H3,(H,19,21)/t17-,25?/m0/s1. The zero-order chi connectivity index (χ0) is 18.3. The number of esters is 1. The number of methoxy groups -OCH3 is 1. The molecule has 1 aromatic carbocycles. The zero-order valence-corrected chi connectivity index (χ0v) is 15.6. The fourth-order valence-corrected chi connectivity index (χ4v) is 3.96. The van der Waals surface area contributed by atoms with Gasteiger partial charge in [-0.3, -0.25) is 4.79 Å². The summed E-state index contributed by atoms with van der Waals surface area (Å²) in [5, 5.41) is 2.74. The summed E-state index contributed by atoms with van der Waals surface area (Å²) in [6, 6.07) is 7.87. The summed E-state index contributed by atoms with van der Waals surface area (Å²) in [6.45, 7) is 3.64. The van der Waals surface area contributed by atoms with Crippen molar-refractivity contribution in [2.75, 3.05) is 7.11 Å². The SMILES string of the molecule is COC(=O)[C@@H](NP(=O)(OC1=CCCC=C1)Oc1ccccc1)C(C)C. The van der Waals surface area contributed by atoms with Crippen molar-refractivity contribution >= 4 is 13.7 Å². The van der Waals surface area contributed by atoms with E-state index in [1.807, 2.05) is 32.1 Å². The number of hydrogen-bond donors (Lipinski definition) is 1. The van der Waals surface area contributed by atoms with E-state index in [2.05, 4.69) is 5.09 Å². The van der Waals surface area contributed by atoms with Gasteiger partial charge in [-0.05, 0) is 43.0 Å². The van der Waals surface area contributed by atoms with E-state index in [1.54, 1.807) is 30.3 Å². The molecule has 2 atom stereocenters. The Morgan fingerprint density at radius 2 is 1.88 bits per heavy atom. The normalized spacial score (nSPS) is 17.4. The van der Waals surface area contributed by atoms with Crippen LogP contribution in [0.2, 0.25) is 0 Å². The van der Waals surface area contributed by atoms with E-state index in [0.717, 1.165) is 12.8 Å². The lowest BCUT2D eigenvalue weighted by Gasteiger charge is -2.26.